The number of carbonyl (C=O) groups excluding carboxylic acids is 1. The molecule has 0 aromatic heterocycles. The smallest absolute Gasteiger partial charge is 0.254 e. The van der Waals surface area contributed by atoms with Crippen molar-refractivity contribution >= 4 is 5.91 Å². The minimum atomic E-state index is -0.0187. The third-order valence-electron chi connectivity index (χ3n) is 5.85. The SMILES string of the molecule is COc1ccc([C@H]2CCCN2C(=O)c2cccc(OC[C@@H]3CCCO3)c2)c(OC)c1. The Morgan fingerprint density at radius 3 is 2.73 bits per heavy atom. The van der Waals surface area contributed by atoms with Crippen LogP contribution in [0.15, 0.2) is 42.5 Å². The van der Waals surface area contributed by atoms with Crippen LogP contribution < -0.4 is 14.2 Å². The lowest BCUT2D eigenvalue weighted by Crippen LogP contribution is -2.30. The highest BCUT2D eigenvalue weighted by molar-refractivity contribution is 5.95. The highest BCUT2D eigenvalue weighted by Crippen LogP contribution is 2.39. The maximum absolute atomic E-state index is 13.3. The molecular formula is C24H29NO5. The molecule has 2 atom stereocenters. The van der Waals surface area contributed by atoms with Gasteiger partial charge in [-0.3, -0.25) is 4.79 Å². The van der Waals surface area contributed by atoms with Crippen LogP contribution in [0.3, 0.4) is 0 Å². The van der Waals surface area contributed by atoms with Gasteiger partial charge in [-0.2, -0.15) is 0 Å². The van der Waals surface area contributed by atoms with Crippen molar-refractivity contribution in [1.29, 1.82) is 0 Å². The van der Waals surface area contributed by atoms with Gasteiger partial charge < -0.3 is 23.8 Å². The third kappa shape index (κ3) is 4.38. The van der Waals surface area contributed by atoms with Gasteiger partial charge in [0, 0.05) is 30.3 Å². The Hall–Kier alpha value is -2.73. The number of likely N-dealkylation sites (tertiary alicyclic amines) is 1. The van der Waals surface area contributed by atoms with Crippen molar-refractivity contribution in [2.24, 2.45) is 0 Å². The third-order valence-corrected chi connectivity index (χ3v) is 5.85. The standard InChI is InChI=1S/C24H29NO5/c1-27-18-10-11-21(23(15-18)28-2)22-9-4-12-25(22)24(26)17-6-3-7-19(14-17)30-16-20-8-5-13-29-20/h3,6-7,10-11,14-15,20,22H,4-5,8-9,12-13,16H2,1-2H3/t20-,22+/m0/s1. The number of methoxy groups -OCH3 is 2. The van der Waals surface area contributed by atoms with Crippen LogP contribution in [0.4, 0.5) is 0 Å². The first-order valence-electron chi connectivity index (χ1n) is 10.6. The van der Waals surface area contributed by atoms with E-state index in [1.165, 1.54) is 0 Å². The normalized spacial score (nSPS) is 20.9. The van der Waals surface area contributed by atoms with Crippen LogP contribution in [0.5, 0.6) is 17.2 Å². The van der Waals surface area contributed by atoms with E-state index in [4.69, 9.17) is 18.9 Å². The van der Waals surface area contributed by atoms with Gasteiger partial charge in [0.1, 0.15) is 23.9 Å². The van der Waals surface area contributed by atoms with Gasteiger partial charge in [-0.05, 0) is 56.0 Å². The average Bonchev–Trinajstić information content (AvgIpc) is 3.49. The first kappa shape index (κ1) is 20.5. The summed E-state index contributed by atoms with van der Waals surface area (Å²) in [5.74, 6) is 2.20. The van der Waals surface area contributed by atoms with E-state index in [2.05, 4.69) is 0 Å². The van der Waals surface area contributed by atoms with Crippen LogP contribution in [0.25, 0.3) is 0 Å². The maximum Gasteiger partial charge on any atom is 0.254 e. The Morgan fingerprint density at radius 1 is 1.07 bits per heavy atom. The predicted octanol–water partition coefficient (Wildman–Crippen LogP) is 4.24. The highest BCUT2D eigenvalue weighted by Gasteiger charge is 2.32. The fraction of sp³-hybridized carbons (Fsp3) is 0.458. The number of nitrogens with zero attached hydrogens (tertiary/aromatic N) is 1. The van der Waals surface area contributed by atoms with E-state index in [1.54, 1.807) is 14.2 Å². The molecule has 0 N–H and O–H groups in total. The number of amides is 1. The van der Waals surface area contributed by atoms with Crippen LogP contribution >= 0.6 is 0 Å². The Morgan fingerprint density at radius 2 is 1.97 bits per heavy atom. The molecule has 0 spiro atoms. The minimum Gasteiger partial charge on any atom is -0.497 e. The van der Waals surface area contributed by atoms with E-state index in [-0.39, 0.29) is 18.1 Å². The molecule has 4 rings (SSSR count). The average molecular weight is 411 g/mol. The monoisotopic (exact) mass is 411 g/mol. The van der Waals surface area contributed by atoms with E-state index >= 15 is 0 Å². The molecule has 2 aromatic rings. The molecule has 2 aliphatic rings. The van der Waals surface area contributed by atoms with Crippen LogP contribution in [0, 0.1) is 0 Å². The first-order valence-corrected chi connectivity index (χ1v) is 10.6. The number of hydrogen-bond donors (Lipinski definition) is 0. The second-order valence-electron chi connectivity index (χ2n) is 7.74. The first-order chi connectivity index (χ1) is 14.7. The maximum atomic E-state index is 13.3. The highest BCUT2D eigenvalue weighted by atomic mass is 16.5. The lowest BCUT2D eigenvalue weighted by atomic mass is 10.0. The van der Waals surface area contributed by atoms with Gasteiger partial charge in [0.05, 0.1) is 26.4 Å². The molecule has 160 valence electrons. The fourth-order valence-corrected chi connectivity index (χ4v) is 4.28. The summed E-state index contributed by atoms with van der Waals surface area (Å²) < 4.78 is 22.4. The Kier molecular flexibility index (Phi) is 6.43. The van der Waals surface area contributed by atoms with Gasteiger partial charge in [0.15, 0.2) is 0 Å². The summed E-state index contributed by atoms with van der Waals surface area (Å²) in [6, 6.07) is 13.2. The van der Waals surface area contributed by atoms with Crippen molar-refractivity contribution < 1.29 is 23.7 Å². The molecule has 2 aromatic carbocycles. The number of benzene rings is 2. The molecule has 2 fully saturated rings. The number of rotatable bonds is 7. The van der Waals surface area contributed by atoms with Crippen molar-refractivity contribution in [3.8, 4) is 17.2 Å². The molecule has 0 bridgehead atoms. The Bertz CT molecular complexity index is 878. The molecule has 2 saturated heterocycles. The second kappa shape index (κ2) is 9.39. The van der Waals surface area contributed by atoms with Gasteiger partial charge in [0.2, 0.25) is 0 Å². The molecule has 2 aliphatic heterocycles. The summed E-state index contributed by atoms with van der Waals surface area (Å²) in [7, 11) is 3.28. The van der Waals surface area contributed by atoms with Gasteiger partial charge in [0.25, 0.3) is 5.91 Å². The number of carbonyl (C=O) groups is 1. The lowest BCUT2D eigenvalue weighted by Gasteiger charge is -2.27. The molecule has 0 unspecified atom stereocenters. The second-order valence-corrected chi connectivity index (χ2v) is 7.74. The van der Waals surface area contributed by atoms with Gasteiger partial charge in [-0.25, -0.2) is 0 Å². The van der Waals surface area contributed by atoms with E-state index in [9.17, 15) is 4.79 Å². The topological polar surface area (TPSA) is 57.2 Å². The minimum absolute atomic E-state index is 0.0120. The quantitative estimate of drug-likeness (QED) is 0.682. The van der Waals surface area contributed by atoms with Crippen molar-refractivity contribution in [1.82, 2.24) is 4.90 Å². The predicted molar refractivity (Wildman–Crippen MR) is 113 cm³/mol. The zero-order chi connectivity index (χ0) is 20.9. The number of ether oxygens (including phenoxy) is 4. The van der Waals surface area contributed by atoms with Crippen LogP contribution in [-0.4, -0.2) is 50.9 Å². The van der Waals surface area contributed by atoms with E-state index in [1.807, 2.05) is 47.4 Å². The molecule has 6 nitrogen and oxygen atoms in total. The Balaban J connectivity index is 1.50. The molecule has 2 heterocycles. The zero-order valence-electron chi connectivity index (χ0n) is 17.6. The van der Waals surface area contributed by atoms with Crippen LogP contribution in [-0.2, 0) is 4.74 Å². The summed E-state index contributed by atoms with van der Waals surface area (Å²) in [4.78, 5) is 15.3. The largest absolute Gasteiger partial charge is 0.497 e. The van der Waals surface area contributed by atoms with Gasteiger partial charge in [-0.15, -0.1) is 0 Å². The molecule has 0 radical (unpaired) electrons. The van der Waals surface area contributed by atoms with E-state index < -0.39 is 0 Å². The summed E-state index contributed by atoms with van der Waals surface area (Å²) in [6.45, 7) is 2.05. The summed E-state index contributed by atoms with van der Waals surface area (Å²) in [5.41, 5.74) is 1.65. The van der Waals surface area contributed by atoms with E-state index in [0.717, 1.165) is 55.9 Å². The molecule has 6 heteroatoms. The molecule has 0 aliphatic carbocycles. The summed E-state index contributed by atoms with van der Waals surface area (Å²) in [5, 5.41) is 0. The van der Waals surface area contributed by atoms with Crippen molar-refractivity contribution in [3.63, 3.8) is 0 Å². The Labute approximate surface area is 177 Å². The zero-order valence-corrected chi connectivity index (χ0v) is 17.6. The molecule has 1 amide bonds. The van der Waals surface area contributed by atoms with Crippen molar-refractivity contribution in [2.75, 3.05) is 34.0 Å². The molecule has 30 heavy (non-hydrogen) atoms. The van der Waals surface area contributed by atoms with Gasteiger partial charge >= 0.3 is 0 Å². The van der Waals surface area contributed by atoms with Crippen LogP contribution in [0.2, 0.25) is 0 Å². The van der Waals surface area contributed by atoms with Gasteiger partial charge in [-0.1, -0.05) is 6.07 Å². The molecule has 0 saturated carbocycles. The summed E-state index contributed by atoms with van der Waals surface area (Å²) >= 11 is 0. The molecular weight excluding hydrogens is 382 g/mol. The van der Waals surface area contributed by atoms with Crippen molar-refractivity contribution in [2.45, 2.75) is 37.8 Å². The lowest BCUT2D eigenvalue weighted by molar-refractivity contribution is 0.0676. The number of hydrogen-bond acceptors (Lipinski definition) is 5. The fourth-order valence-electron chi connectivity index (χ4n) is 4.28. The van der Waals surface area contributed by atoms with Crippen molar-refractivity contribution in [3.05, 3.63) is 53.6 Å². The van der Waals surface area contributed by atoms with E-state index in [0.29, 0.717) is 17.9 Å². The summed E-state index contributed by atoms with van der Waals surface area (Å²) in [6.07, 6.45) is 4.12. The van der Waals surface area contributed by atoms with Crippen LogP contribution in [0.1, 0.15) is 47.6 Å².